The van der Waals surface area contributed by atoms with Gasteiger partial charge in [-0.2, -0.15) is 0 Å². The lowest BCUT2D eigenvalue weighted by Gasteiger charge is -2.23. The van der Waals surface area contributed by atoms with Crippen molar-refractivity contribution in [1.29, 1.82) is 0 Å². The second kappa shape index (κ2) is 7.45. The van der Waals surface area contributed by atoms with Crippen LogP contribution in [0.5, 0.6) is 11.6 Å². The van der Waals surface area contributed by atoms with E-state index < -0.39 is 0 Å². The van der Waals surface area contributed by atoms with Crippen LogP contribution in [-0.4, -0.2) is 15.5 Å². The van der Waals surface area contributed by atoms with E-state index in [-0.39, 0.29) is 5.50 Å². The molecular formula is C22H22N4OS. The third-order valence-corrected chi connectivity index (χ3v) is 6.44. The summed E-state index contributed by atoms with van der Waals surface area (Å²) in [5.41, 5.74) is 9.40. The van der Waals surface area contributed by atoms with Crippen LogP contribution in [0.4, 0.5) is 11.4 Å². The molecule has 1 aliphatic heterocycles. The molecular weight excluding hydrogens is 368 g/mol. The molecule has 1 fully saturated rings. The second-order valence-corrected chi connectivity index (χ2v) is 8.33. The zero-order chi connectivity index (χ0) is 18.9. The average Bonchev–Trinajstić information content (AvgIpc) is 3.36. The number of hydrogen-bond acceptors (Lipinski definition) is 6. The SMILES string of the molecule is NC1Sc2ccccc2N1c1ccc(Oc2nccnc2C2CCCC2)cc1. The third kappa shape index (κ3) is 3.23. The molecule has 1 atom stereocenters. The van der Waals surface area contributed by atoms with E-state index in [9.17, 15) is 0 Å². The molecule has 1 aliphatic carbocycles. The average molecular weight is 391 g/mol. The first-order valence-corrected chi connectivity index (χ1v) is 10.6. The Kier molecular flexibility index (Phi) is 4.66. The predicted molar refractivity (Wildman–Crippen MR) is 112 cm³/mol. The Labute approximate surface area is 168 Å². The van der Waals surface area contributed by atoms with E-state index in [1.165, 1.54) is 17.7 Å². The first kappa shape index (κ1) is 17.5. The van der Waals surface area contributed by atoms with Crippen molar-refractivity contribution >= 4 is 23.1 Å². The van der Waals surface area contributed by atoms with Crippen molar-refractivity contribution < 1.29 is 4.74 Å². The van der Waals surface area contributed by atoms with Crippen LogP contribution in [0.25, 0.3) is 0 Å². The minimum Gasteiger partial charge on any atom is -0.437 e. The largest absolute Gasteiger partial charge is 0.437 e. The van der Waals surface area contributed by atoms with Gasteiger partial charge in [-0.05, 0) is 49.2 Å². The summed E-state index contributed by atoms with van der Waals surface area (Å²) < 4.78 is 6.11. The fourth-order valence-corrected chi connectivity index (χ4v) is 5.09. The Morgan fingerprint density at radius 1 is 0.964 bits per heavy atom. The fraction of sp³-hybridized carbons (Fsp3) is 0.273. The summed E-state index contributed by atoms with van der Waals surface area (Å²) >= 11 is 1.67. The Balaban J connectivity index is 1.38. The van der Waals surface area contributed by atoms with Gasteiger partial charge in [0.05, 0.1) is 5.69 Å². The Morgan fingerprint density at radius 3 is 2.54 bits per heavy atom. The van der Waals surface area contributed by atoms with Crippen LogP contribution >= 0.6 is 11.8 Å². The third-order valence-electron chi connectivity index (χ3n) is 5.39. The van der Waals surface area contributed by atoms with Crippen LogP contribution in [0, 0.1) is 0 Å². The lowest BCUT2D eigenvalue weighted by Crippen LogP contribution is -2.31. The summed E-state index contributed by atoms with van der Waals surface area (Å²) in [7, 11) is 0. The normalized spacial score (nSPS) is 19.0. The number of nitrogens with zero attached hydrogens (tertiary/aromatic N) is 3. The van der Waals surface area contributed by atoms with Crippen molar-refractivity contribution in [3.05, 3.63) is 66.6 Å². The van der Waals surface area contributed by atoms with E-state index in [2.05, 4.69) is 27.0 Å². The summed E-state index contributed by atoms with van der Waals surface area (Å²) in [5.74, 6) is 1.84. The number of thioether (sulfide) groups is 1. The highest BCUT2D eigenvalue weighted by Crippen LogP contribution is 2.45. The molecule has 2 aromatic carbocycles. The first-order valence-electron chi connectivity index (χ1n) is 9.69. The molecule has 0 radical (unpaired) electrons. The van der Waals surface area contributed by atoms with Gasteiger partial charge in [-0.3, -0.25) is 4.98 Å². The number of rotatable bonds is 4. The van der Waals surface area contributed by atoms with Gasteiger partial charge in [0, 0.05) is 28.9 Å². The van der Waals surface area contributed by atoms with Gasteiger partial charge >= 0.3 is 0 Å². The summed E-state index contributed by atoms with van der Waals surface area (Å²) in [6.45, 7) is 0. The number of para-hydroxylation sites is 1. The number of aromatic nitrogens is 2. The molecule has 28 heavy (non-hydrogen) atoms. The maximum Gasteiger partial charge on any atom is 0.241 e. The van der Waals surface area contributed by atoms with Crippen LogP contribution in [0.3, 0.4) is 0 Å². The molecule has 2 aliphatic rings. The predicted octanol–water partition coefficient (Wildman–Crippen LogP) is 5.41. The zero-order valence-corrected chi connectivity index (χ0v) is 16.3. The summed E-state index contributed by atoms with van der Waals surface area (Å²) in [4.78, 5) is 12.4. The molecule has 1 saturated carbocycles. The van der Waals surface area contributed by atoms with Crippen molar-refractivity contribution in [3.63, 3.8) is 0 Å². The molecule has 5 rings (SSSR count). The minimum absolute atomic E-state index is 0.127. The molecule has 142 valence electrons. The van der Waals surface area contributed by atoms with Gasteiger partial charge in [-0.1, -0.05) is 36.7 Å². The quantitative estimate of drug-likeness (QED) is 0.642. The van der Waals surface area contributed by atoms with Gasteiger partial charge in [0.15, 0.2) is 0 Å². The van der Waals surface area contributed by atoms with Gasteiger partial charge in [-0.25, -0.2) is 4.98 Å². The molecule has 0 saturated heterocycles. The Morgan fingerprint density at radius 2 is 1.71 bits per heavy atom. The van der Waals surface area contributed by atoms with Gasteiger partial charge in [0.2, 0.25) is 5.88 Å². The molecule has 2 N–H and O–H groups in total. The molecule has 0 bridgehead atoms. The monoisotopic (exact) mass is 390 g/mol. The van der Waals surface area contributed by atoms with E-state index >= 15 is 0 Å². The standard InChI is InChI=1S/C22H22N4OS/c23-22-26(18-7-3-4-8-19(18)28-22)16-9-11-17(12-10-16)27-21-20(24-13-14-25-21)15-5-1-2-6-15/h3-4,7-15,22H,1-2,5-6,23H2. The van der Waals surface area contributed by atoms with Gasteiger partial charge in [0.25, 0.3) is 0 Å². The molecule has 5 nitrogen and oxygen atoms in total. The first-order chi connectivity index (χ1) is 13.8. The topological polar surface area (TPSA) is 64.3 Å². The van der Waals surface area contributed by atoms with E-state index in [1.54, 1.807) is 24.2 Å². The smallest absolute Gasteiger partial charge is 0.241 e. The van der Waals surface area contributed by atoms with Crippen molar-refractivity contribution in [2.75, 3.05) is 4.90 Å². The minimum atomic E-state index is -0.127. The lowest BCUT2D eigenvalue weighted by molar-refractivity contribution is 0.444. The highest BCUT2D eigenvalue weighted by molar-refractivity contribution is 8.00. The van der Waals surface area contributed by atoms with Crippen LogP contribution in [0.1, 0.15) is 37.3 Å². The number of benzene rings is 2. The van der Waals surface area contributed by atoms with Crippen LogP contribution < -0.4 is 15.4 Å². The number of hydrogen-bond donors (Lipinski definition) is 1. The van der Waals surface area contributed by atoms with E-state index in [4.69, 9.17) is 10.5 Å². The highest BCUT2D eigenvalue weighted by Gasteiger charge is 2.28. The zero-order valence-electron chi connectivity index (χ0n) is 15.5. The summed E-state index contributed by atoms with van der Waals surface area (Å²) in [6.07, 6.45) is 8.29. The van der Waals surface area contributed by atoms with E-state index in [0.717, 1.165) is 35.7 Å². The van der Waals surface area contributed by atoms with Crippen LogP contribution in [-0.2, 0) is 0 Å². The van der Waals surface area contributed by atoms with Gasteiger partial charge in [-0.15, -0.1) is 0 Å². The highest BCUT2D eigenvalue weighted by atomic mass is 32.2. The lowest BCUT2D eigenvalue weighted by atomic mass is 10.0. The molecule has 1 aromatic heterocycles. The molecule has 1 unspecified atom stereocenters. The number of anilines is 2. The van der Waals surface area contributed by atoms with Crippen molar-refractivity contribution in [2.45, 2.75) is 42.0 Å². The second-order valence-electron chi connectivity index (χ2n) is 7.17. The summed E-state index contributed by atoms with van der Waals surface area (Å²) in [5, 5.41) is 0. The maximum atomic E-state index is 6.35. The maximum absolute atomic E-state index is 6.35. The molecule has 0 spiro atoms. The van der Waals surface area contributed by atoms with Crippen molar-refractivity contribution in [3.8, 4) is 11.6 Å². The fourth-order valence-electron chi connectivity index (χ4n) is 4.04. The molecule has 6 heteroatoms. The van der Waals surface area contributed by atoms with Crippen molar-refractivity contribution in [2.24, 2.45) is 5.73 Å². The van der Waals surface area contributed by atoms with Crippen LogP contribution in [0.2, 0.25) is 0 Å². The van der Waals surface area contributed by atoms with Crippen LogP contribution in [0.15, 0.2) is 65.8 Å². The van der Waals surface area contributed by atoms with E-state index in [1.807, 2.05) is 36.4 Å². The van der Waals surface area contributed by atoms with Gasteiger partial charge in [0.1, 0.15) is 16.9 Å². The number of nitrogens with two attached hydrogens (primary N) is 1. The number of ether oxygens (including phenoxy) is 1. The molecule has 3 aromatic rings. The van der Waals surface area contributed by atoms with Crippen molar-refractivity contribution in [1.82, 2.24) is 9.97 Å². The Bertz CT molecular complexity index is 972. The van der Waals surface area contributed by atoms with E-state index in [0.29, 0.717) is 11.8 Å². The summed E-state index contributed by atoms with van der Waals surface area (Å²) in [6, 6.07) is 16.3. The molecule has 2 heterocycles. The molecule has 0 amide bonds. The Hall–Kier alpha value is -2.57. The van der Waals surface area contributed by atoms with Gasteiger partial charge < -0.3 is 15.4 Å². The number of fused-ring (bicyclic) bond motifs is 1.